The minimum atomic E-state index is -0.0973. The monoisotopic (exact) mass is 287 g/mol. The number of aromatic nitrogens is 2. The van der Waals surface area contributed by atoms with E-state index in [1.807, 2.05) is 23.6 Å². The highest BCUT2D eigenvalue weighted by molar-refractivity contribution is 7.19. The standard InChI is InChI=1S/C13H9N3OS2/c17-12(10-2-1-7-18-10)16-11-8-15-13(19-11)9-3-5-14-6-4-9/h1-8H,(H,16,17). The van der Waals surface area contributed by atoms with E-state index in [0.29, 0.717) is 4.88 Å². The summed E-state index contributed by atoms with van der Waals surface area (Å²) in [5, 5.41) is 6.33. The first-order chi connectivity index (χ1) is 9.33. The smallest absolute Gasteiger partial charge is 0.266 e. The first-order valence-electron chi connectivity index (χ1n) is 5.54. The molecule has 0 fully saturated rings. The molecule has 0 saturated carbocycles. The maximum Gasteiger partial charge on any atom is 0.266 e. The fraction of sp³-hybridized carbons (Fsp3) is 0. The predicted molar refractivity (Wildman–Crippen MR) is 77.6 cm³/mol. The molecule has 94 valence electrons. The van der Waals surface area contributed by atoms with Crippen LogP contribution in [0.5, 0.6) is 0 Å². The zero-order valence-electron chi connectivity index (χ0n) is 9.74. The number of thiazole rings is 1. The Bertz CT molecular complexity index is 677. The van der Waals surface area contributed by atoms with E-state index < -0.39 is 0 Å². The van der Waals surface area contributed by atoms with Crippen LogP contribution in [-0.4, -0.2) is 15.9 Å². The highest BCUT2D eigenvalue weighted by Gasteiger charge is 2.10. The summed E-state index contributed by atoms with van der Waals surface area (Å²) >= 11 is 2.86. The van der Waals surface area contributed by atoms with Crippen LogP contribution in [0.2, 0.25) is 0 Å². The Morgan fingerprint density at radius 3 is 2.79 bits per heavy atom. The van der Waals surface area contributed by atoms with Crippen LogP contribution >= 0.6 is 22.7 Å². The molecule has 3 aromatic heterocycles. The van der Waals surface area contributed by atoms with Gasteiger partial charge in [-0.15, -0.1) is 11.3 Å². The van der Waals surface area contributed by atoms with Crippen LogP contribution in [0, 0.1) is 0 Å². The lowest BCUT2D eigenvalue weighted by Gasteiger charge is -1.98. The molecule has 3 aromatic rings. The van der Waals surface area contributed by atoms with E-state index in [1.54, 1.807) is 24.7 Å². The van der Waals surface area contributed by atoms with Gasteiger partial charge in [-0.1, -0.05) is 17.4 Å². The third-order valence-electron chi connectivity index (χ3n) is 2.41. The fourth-order valence-corrected chi connectivity index (χ4v) is 2.98. The van der Waals surface area contributed by atoms with Gasteiger partial charge in [0.2, 0.25) is 0 Å². The zero-order valence-corrected chi connectivity index (χ0v) is 11.4. The Morgan fingerprint density at radius 2 is 2.05 bits per heavy atom. The minimum absolute atomic E-state index is 0.0973. The Hall–Kier alpha value is -2.05. The van der Waals surface area contributed by atoms with Gasteiger partial charge in [-0.2, -0.15) is 0 Å². The van der Waals surface area contributed by atoms with E-state index in [9.17, 15) is 4.79 Å². The number of hydrogen-bond donors (Lipinski definition) is 1. The first-order valence-corrected chi connectivity index (χ1v) is 7.23. The molecule has 6 heteroatoms. The van der Waals surface area contributed by atoms with Crippen molar-refractivity contribution in [1.82, 2.24) is 9.97 Å². The van der Waals surface area contributed by atoms with Gasteiger partial charge in [0.25, 0.3) is 5.91 Å². The second-order valence-corrected chi connectivity index (χ2v) is 5.68. The van der Waals surface area contributed by atoms with Crippen molar-refractivity contribution in [1.29, 1.82) is 0 Å². The van der Waals surface area contributed by atoms with E-state index in [0.717, 1.165) is 15.6 Å². The molecule has 0 aliphatic heterocycles. The number of nitrogens with zero attached hydrogens (tertiary/aromatic N) is 2. The second kappa shape index (κ2) is 5.29. The lowest BCUT2D eigenvalue weighted by molar-refractivity contribution is 0.103. The largest absolute Gasteiger partial charge is 0.312 e. The average Bonchev–Trinajstić information content (AvgIpc) is 3.11. The number of pyridine rings is 1. The number of carbonyl (C=O) groups is 1. The van der Waals surface area contributed by atoms with E-state index in [-0.39, 0.29) is 5.91 Å². The molecular weight excluding hydrogens is 278 g/mol. The van der Waals surface area contributed by atoms with Crippen molar-refractivity contribution in [3.05, 3.63) is 53.1 Å². The van der Waals surface area contributed by atoms with Gasteiger partial charge >= 0.3 is 0 Å². The van der Waals surface area contributed by atoms with E-state index in [4.69, 9.17) is 0 Å². The van der Waals surface area contributed by atoms with Gasteiger partial charge in [-0.3, -0.25) is 9.78 Å². The molecule has 3 heterocycles. The molecule has 0 aliphatic carbocycles. The molecular formula is C13H9N3OS2. The van der Waals surface area contributed by atoms with Crippen molar-refractivity contribution >= 4 is 33.6 Å². The van der Waals surface area contributed by atoms with Crippen molar-refractivity contribution in [2.24, 2.45) is 0 Å². The van der Waals surface area contributed by atoms with Gasteiger partial charge in [0.15, 0.2) is 0 Å². The zero-order chi connectivity index (χ0) is 13.1. The molecule has 0 atom stereocenters. The normalized spacial score (nSPS) is 10.3. The van der Waals surface area contributed by atoms with Gasteiger partial charge in [-0.05, 0) is 23.6 Å². The number of anilines is 1. The molecule has 1 N–H and O–H groups in total. The van der Waals surface area contributed by atoms with Gasteiger partial charge in [0.05, 0.1) is 11.1 Å². The molecule has 0 radical (unpaired) electrons. The van der Waals surface area contributed by atoms with Gasteiger partial charge in [0.1, 0.15) is 10.0 Å². The predicted octanol–water partition coefficient (Wildman–Crippen LogP) is 3.52. The molecule has 0 saturated heterocycles. The van der Waals surface area contributed by atoms with Crippen LogP contribution in [-0.2, 0) is 0 Å². The van der Waals surface area contributed by atoms with E-state index in [1.165, 1.54) is 22.7 Å². The summed E-state index contributed by atoms with van der Waals surface area (Å²) in [6.07, 6.45) is 5.12. The lowest BCUT2D eigenvalue weighted by atomic mass is 10.3. The number of hydrogen-bond acceptors (Lipinski definition) is 5. The van der Waals surface area contributed by atoms with Crippen molar-refractivity contribution < 1.29 is 4.79 Å². The highest BCUT2D eigenvalue weighted by Crippen LogP contribution is 2.28. The third-order valence-corrected chi connectivity index (χ3v) is 4.25. The average molecular weight is 287 g/mol. The number of nitrogens with one attached hydrogen (secondary N) is 1. The quantitative estimate of drug-likeness (QED) is 0.802. The van der Waals surface area contributed by atoms with Crippen molar-refractivity contribution in [3.63, 3.8) is 0 Å². The summed E-state index contributed by atoms with van der Waals surface area (Å²) in [5.74, 6) is -0.0973. The van der Waals surface area contributed by atoms with Crippen LogP contribution in [0.25, 0.3) is 10.6 Å². The first kappa shape index (κ1) is 12.0. The molecule has 19 heavy (non-hydrogen) atoms. The lowest BCUT2D eigenvalue weighted by Crippen LogP contribution is -2.08. The fourth-order valence-electron chi connectivity index (χ4n) is 1.54. The van der Waals surface area contributed by atoms with Crippen molar-refractivity contribution in [2.75, 3.05) is 5.32 Å². The van der Waals surface area contributed by atoms with Gasteiger partial charge < -0.3 is 5.32 Å². The minimum Gasteiger partial charge on any atom is -0.312 e. The number of carbonyl (C=O) groups excluding carboxylic acids is 1. The summed E-state index contributed by atoms with van der Waals surface area (Å²) in [7, 11) is 0. The maximum atomic E-state index is 11.9. The van der Waals surface area contributed by atoms with Crippen LogP contribution in [0.4, 0.5) is 5.00 Å². The molecule has 4 nitrogen and oxygen atoms in total. The molecule has 0 aliphatic rings. The number of amides is 1. The van der Waals surface area contributed by atoms with Crippen LogP contribution in [0.3, 0.4) is 0 Å². The summed E-state index contributed by atoms with van der Waals surface area (Å²) in [6.45, 7) is 0. The molecule has 3 rings (SSSR count). The molecule has 0 spiro atoms. The van der Waals surface area contributed by atoms with Gasteiger partial charge in [0, 0.05) is 18.0 Å². The van der Waals surface area contributed by atoms with Crippen LogP contribution < -0.4 is 5.32 Å². The van der Waals surface area contributed by atoms with Crippen molar-refractivity contribution in [3.8, 4) is 10.6 Å². The molecule has 0 bridgehead atoms. The Morgan fingerprint density at radius 1 is 1.21 bits per heavy atom. The summed E-state index contributed by atoms with van der Waals surface area (Å²) in [5.41, 5.74) is 0.997. The van der Waals surface area contributed by atoms with E-state index in [2.05, 4.69) is 15.3 Å². The summed E-state index contributed by atoms with van der Waals surface area (Å²) in [4.78, 5) is 20.9. The molecule has 0 aromatic carbocycles. The third kappa shape index (κ3) is 2.69. The Kier molecular flexibility index (Phi) is 3.35. The van der Waals surface area contributed by atoms with Crippen LogP contribution in [0.1, 0.15) is 9.67 Å². The van der Waals surface area contributed by atoms with Gasteiger partial charge in [-0.25, -0.2) is 4.98 Å². The highest BCUT2D eigenvalue weighted by atomic mass is 32.1. The topological polar surface area (TPSA) is 54.9 Å². The summed E-state index contributed by atoms with van der Waals surface area (Å²) < 4.78 is 0. The summed E-state index contributed by atoms with van der Waals surface area (Å²) in [6, 6.07) is 7.44. The van der Waals surface area contributed by atoms with Crippen LogP contribution in [0.15, 0.2) is 48.2 Å². The maximum absolute atomic E-state index is 11.9. The Labute approximate surface area is 117 Å². The molecule has 1 amide bonds. The van der Waals surface area contributed by atoms with E-state index >= 15 is 0 Å². The second-order valence-electron chi connectivity index (χ2n) is 3.70. The number of rotatable bonds is 3. The Balaban J connectivity index is 1.77. The number of thiophene rings is 1. The molecule has 0 unspecified atom stereocenters. The SMILES string of the molecule is O=C(Nc1cnc(-c2ccncc2)s1)c1cccs1. The van der Waals surface area contributed by atoms with Crippen molar-refractivity contribution in [2.45, 2.75) is 0 Å².